The molecular weight excluding hydrogens is 392 g/mol. The van der Waals surface area contributed by atoms with E-state index in [1.807, 2.05) is 6.08 Å². The molecule has 4 rings (SSSR count). The summed E-state index contributed by atoms with van der Waals surface area (Å²) >= 11 is 6.00. The molecule has 2 atom stereocenters. The van der Waals surface area contributed by atoms with Crippen molar-refractivity contribution >= 4 is 29.4 Å². The molecule has 0 radical (unpaired) electrons. The van der Waals surface area contributed by atoms with Gasteiger partial charge in [0.15, 0.2) is 0 Å². The van der Waals surface area contributed by atoms with Crippen LogP contribution in [0.3, 0.4) is 0 Å². The highest BCUT2D eigenvalue weighted by Gasteiger charge is 2.31. The van der Waals surface area contributed by atoms with Gasteiger partial charge in [-0.2, -0.15) is 13.9 Å². The van der Waals surface area contributed by atoms with Crippen molar-refractivity contribution in [3.63, 3.8) is 0 Å². The van der Waals surface area contributed by atoms with Crippen molar-refractivity contribution in [3.05, 3.63) is 53.5 Å². The second-order valence-electron chi connectivity index (χ2n) is 6.08. The molecule has 0 spiro atoms. The summed E-state index contributed by atoms with van der Waals surface area (Å²) in [6.45, 7) is -3.01. The van der Waals surface area contributed by atoms with E-state index in [0.29, 0.717) is 16.3 Å². The molecule has 144 valence electrons. The van der Waals surface area contributed by atoms with Crippen LogP contribution in [0.5, 0.6) is 5.75 Å². The van der Waals surface area contributed by atoms with E-state index in [-0.39, 0.29) is 34.9 Å². The van der Waals surface area contributed by atoms with Crippen LogP contribution in [0.4, 0.5) is 14.5 Å². The third-order valence-electron chi connectivity index (χ3n) is 4.36. The Morgan fingerprint density at radius 3 is 3.04 bits per heavy atom. The van der Waals surface area contributed by atoms with E-state index in [1.165, 1.54) is 30.6 Å². The van der Waals surface area contributed by atoms with E-state index in [1.54, 1.807) is 12.4 Å². The van der Waals surface area contributed by atoms with Gasteiger partial charge in [0, 0.05) is 40.7 Å². The molecule has 7 nitrogen and oxygen atoms in total. The Kier molecular flexibility index (Phi) is 4.82. The minimum Gasteiger partial charge on any atom is -0.434 e. The first-order valence-electron chi connectivity index (χ1n) is 8.29. The molecule has 2 aliphatic rings. The number of halogens is 3. The first-order chi connectivity index (χ1) is 13.5. The maximum atomic E-state index is 12.8. The summed E-state index contributed by atoms with van der Waals surface area (Å²) in [5.74, 6) is -0.621. The Labute approximate surface area is 163 Å². The van der Waals surface area contributed by atoms with Gasteiger partial charge in [0.25, 0.3) is 5.91 Å². The van der Waals surface area contributed by atoms with E-state index in [4.69, 9.17) is 11.6 Å². The van der Waals surface area contributed by atoms with Gasteiger partial charge in [0.1, 0.15) is 11.4 Å². The number of benzene rings is 1. The largest absolute Gasteiger partial charge is 0.434 e. The first-order valence-corrected chi connectivity index (χ1v) is 8.66. The molecule has 1 aromatic heterocycles. The zero-order valence-electron chi connectivity index (χ0n) is 14.2. The molecule has 3 N–H and O–H groups in total. The monoisotopic (exact) mass is 405 g/mol. The zero-order valence-corrected chi connectivity index (χ0v) is 15.0. The third kappa shape index (κ3) is 3.48. The van der Waals surface area contributed by atoms with Gasteiger partial charge in [-0.3, -0.25) is 14.9 Å². The number of carbonyl (C=O) groups excluding carboxylic acids is 1. The molecule has 1 amide bonds. The molecular formula is C18H14ClF2N5O2. The van der Waals surface area contributed by atoms with Crippen molar-refractivity contribution in [2.75, 3.05) is 5.32 Å². The maximum absolute atomic E-state index is 12.8. The van der Waals surface area contributed by atoms with Crippen molar-refractivity contribution in [1.82, 2.24) is 15.5 Å². The van der Waals surface area contributed by atoms with Crippen molar-refractivity contribution in [1.29, 1.82) is 0 Å². The molecule has 0 saturated heterocycles. The molecule has 1 aromatic carbocycles. The summed E-state index contributed by atoms with van der Waals surface area (Å²) in [5.41, 5.74) is 1.22. The lowest BCUT2D eigenvalue weighted by Gasteiger charge is -2.21. The van der Waals surface area contributed by atoms with Gasteiger partial charge >= 0.3 is 6.61 Å². The van der Waals surface area contributed by atoms with E-state index in [0.717, 1.165) is 0 Å². The number of ether oxygens (including phenoxy) is 1. The Hall–Kier alpha value is -3.20. The number of aromatic amines is 1. The number of amides is 1. The van der Waals surface area contributed by atoms with E-state index >= 15 is 0 Å². The van der Waals surface area contributed by atoms with Crippen molar-refractivity contribution in [2.24, 2.45) is 10.9 Å². The van der Waals surface area contributed by atoms with Crippen molar-refractivity contribution in [3.8, 4) is 17.0 Å². The van der Waals surface area contributed by atoms with E-state index in [2.05, 4.69) is 30.6 Å². The van der Waals surface area contributed by atoms with Crippen LogP contribution in [0.15, 0.2) is 53.4 Å². The Balaban J connectivity index is 1.63. The third-order valence-corrected chi connectivity index (χ3v) is 4.60. The number of rotatable bonds is 5. The smallest absolute Gasteiger partial charge is 0.387 e. The Morgan fingerprint density at radius 1 is 1.36 bits per heavy atom. The molecule has 0 saturated carbocycles. The van der Waals surface area contributed by atoms with Crippen molar-refractivity contribution < 1.29 is 18.3 Å². The van der Waals surface area contributed by atoms with Gasteiger partial charge in [-0.1, -0.05) is 17.7 Å². The normalized spacial score (nSPS) is 19.9. The molecule has 0 fully saturated rings. The summed E-state index contributed by atoms with van der Waals surface area (Å²) < 4.78 is 30.0. The first kappa shape index (κ1) is 18.2. The Morgan fingerprint density at radius 2 is 2.21 bits per heavy atom. The zero-order chi connectivity index (χ0) is 19.7. The van der Waals surface area contributed by atoms with Crippen LogP contribution in [0.25, 0.3) is 11.3 Å². The number of H-pyrrole nitrogens is 1. The quantitative estimate of drug-likeness (QED) is 0.711. The van der Waals surface area contributed by atoms with Gasteiger partial charge < -0.3 is 15.4 Å². The number of fused-ring (bicyclic) bond motifs is 1. The van der Waals surface area contributed by atoms with Crippen molar-refractivity contribution in [2.45, 2.75) is 12.7 Å². The molecule has 2 aliphatic heterocycles. The number of hydrogen-bond donors (Lipinski definition) is 3. The highest BCUT2D eigenvalue weighted by Crippen LogP contribution is 2.36. The molecule has 2 unspecified atom stereocenters. The van der Waals surface area contributed by atoms with Crippen LogP contribution in [0.2, 0.25) is 5.02 Å². The number of aliphatic imine (C=N–C) groups is 1. The van der Waals surface area contributed by atoms with Gasteiger partial charge in [0.2, 0.25) is 0 Å². The average molecular weight is 406 g/mol. The number of aromatic nitrogens is 2. The number of carbonyl (C=O) groups is 1. The standard InChI is InChI=1S/C18H14ClF2N5O2/c19-9-1-2-15(28-18(20)21)11(5-9)16-14(8-24-26-16)25-17(27)12-6-22-7-13-10(12)3-4-23-13/h1-8,10,13,18,23H,(H,24,26)(H,25,27). The average Bonchev–Trinajstić information content (AvgIpc) is 3.31. The van der Waals surface area contributed by atoms with Gasteiger partial charge in [-0.05, 0) is 24.4 Å². The number of anilines is 1. The molecule has 28 heavy (non-hydrogen) atoms. The fourth-order valence-electron chi connectivity index (χ4n) is 3.11. The number of nitrogens with one attached hydrogen (secondary N) is 3. The van der Waals surface area contributed by atoms with Crippen LogP contribution in [0.1, 0.15) is 0 Å². The number of nitrogens with zero attached hydrogens (tertiary/aromatic N) is 2. The van der Waals surface area contributed by atoms with Crippen LogP contribution < -0.4 is 15.4 Å². The summed E-state index contributed by atoms with van der Waals surface area (Å²) in [7, 11) is 0. The van der Waals surface area contributed by atoms with Crippen LogP contribution in [-0.4, -0.2) is 35.0 Å². The van der Waals surface area contributed by atoms with Crippen LogP contribution >= 0.6 is 11.6 Å². The molecule has 0 aliphatic carbocycles. The lowest BCUT2D eigenvalue weighted by Crippen LogP contribution is -2.34. The second kappa shape index (κ2) is 7.43. The van der Waals surface area contributed by atoms with Crippen LogP contribution in [-0.2, 0) is 4.79 Å². The fraction of sp³-hybridized carbons (Fsp3) is 0.167. The second-order valence-corrected chi connectivity index (χ2v) is 6.52. The predicted octanol–water partition coefficient (Wildman–Crippen LogP) is 3.34. The minimum atomic E-state index is -3.01. The molecule has 2 aromatic rings. The van der Waals surface area contributed by atoms with E-state index < -0.39 is 6.61 Å². The molecule has 0 bridgehead atoms. The molecule has 10 heteroatoms. The molecule has 3 heterocycles. The summed E-state index contributed by atoms with van der Waals surface area (Å²) in [4.78, 5) is 16.9. The fourth-order valence-corrected chi connectivity index (χ4v) is 3.28. The maximum Gasteiger partial charge on any atom is 0.387 e. The SMILES string of the molecule is O=C(Nc1c[nH]nc1-c1cc(Cl)ccc1OC(F)F)C1=CN=CC2NC=CC12. The highest BCUT2D eigenvalue weighted by atomic mass is 35.5. The lowest BCUT2D eigenvalue weighted by atomic mass is 9.92. The predicted molar refractivity (Wildman–Crippen MR) is 100 cm³/mol. The summed E-state index contributed by atoms with van der Waals surface area (Å²) in [6.07, 6.45) is 8.33. The summed E-state index contributed by atoms with van der Waals surface area (Å²) in [5, 5.41) is 12.8. The lowest BCUT2D eigenvalue weighted by molar-refractivity contribution is -0.113. The topological polar surface area (TPSA) is 91.4 Å². The minimum absolute atomic E-state index is 0.0754. The van der Waals surface area contributed by atoms with Crippen LogP contribution in [0, 0.1) is 5.92 Å². The number of alkyl halides is 2. The van der Waals surface area contributed by atoms with E-state index in [9.17, 15) is 13.6 Å². The van der Waals surface area contributed by atoms with Gasteiger partial charge in [-0.25, -0.2) is 0 Å². The highest BCUT2D eigenvalue weighted by molar-refractivity contribution is 6.31. The number of hydrogen-bond acceptors (Lipinski definition) is 5. The summed E-state index contributed by atoms with van der Waals surface area (Å²) in [6, 6.07) is 4.11. The Bertz CT molecular complexity index is 1000. The van der Waals surface area contributed by atoms with Gasteiger partial charge in [0.05, 0.1) is 11.7 Å². The van der Waals surface area contributed by atoms with Gasteiger partial charge in [-0.15, -0.1) is 0 Å².